The van der Waals surface area contributed by atoms with Crippen molar-refractivity contribution in [1.29, 1.82) is 0 Å². The fourth-order valence-corrected chi connectivity index (χ4v) is 10.6. The molecular weight excluding hydrogens is 649 g/mol. The molecule has 0 bridgehead atoms. The number of furan rings is 2. The quantitative estimate of drug-likeness (QED) is 0.171. The highest BCUT2D eigenvalue weighted by Crippen LogP contribution is 2.47. The maximum absolute atomic E-state index is 6.61. The van der Waals surface area contributed by atoms with E-state index < -0.39 is 0 Å². The molecule has 0 aliphatic carbocycles. The lowest BCUT2D eigenvalue weighted by Crippen LogP contribution is -1.90. The molecule has 0 radical (unpaired) electrons. The highest BCUT2D eigenvalue weighted by atomic mass is 32.1. The molecule has 12 aromatic rings. The Hall–Kier alpha value is -5.94. The van der Waals surface area contributed by atoms with Gasteiger partial charge in [-0.2, -0.15) is 0 Å². The SMILES string of the molecule is c1ccc2c(c1)oc1cc3c(cc12)oc1cc(-c2c4ccccc4c(-c4ccc5sc6c(ccc7ccsc76)c5c4)c4ccccc24)ccc13. The molecule has 50 heavy (non-hydrogen) atoms. The normalized spacial score (nSPS) is 12.4. The third-order valence-corrected chi connectivity index (χ3v) is 12.8. The van der Waals surface area contributed by atoms with E-state index in [2.05, 4.69) is 133 Å². The fraction of sp³-hybridized carbons (Fsp3) is 0. The van der Waals surface area contributed by atoms with Crippen molar-refractivity contribution >= 4 is 118 Å². The first-order valence-corrected chi connectivity index (χ1v) is 18.5. The lowest BCUT2D eigenvalue weighted by molar-refractivity contribution is 0.664. The van der Waals surface area contributed by atoms with E-state index in [1.807, 2.05) is 34.8 Å². The molecule has 232 valence electrons. The second-order valence-electron chi connectivity index (χ2n) is 13.2. The summed E-state index contributed by atoms with van der Waals surface area (Å²) in [4.78, 5) is 0. The van der Waals surface area contributed by atoms with Gasteiger partial charge in [0.15, 0.2) is 0 Å². The molecule has 4 aromatic heterocycles. The Labute approximate surface area is 293 Å². The van der Waals surface area contributed by atoms with Crippen molar-refractivity contribution in [3.05, 3.63) is 145 Å². The van der Waals surface area contributed by atoms with Crippen LogP contribution in [0.4, 0.5) is 0 Å². The molecule has 2 nitrogen and oxygen atoms in total. The van der Waals surface area contributed by atoms with Gasteiger partial charge in [-0.25, -0.2) is 0 Å². The number of para-hydroxylation sites is 1. The maximum Gasteiger partial charge on any atom is 0.136 e. The minimum atomic E-state index is 0.873. The van der Waals surface area contributed by atoms with E-state index in [0.29, 0.717) is 0 Å². The monoisotopic (exact) mass is 672 g/mol. The molecule has 0 atom stereocenters. The third kappa shape index (κ3) is 3.61. The van der Waals surface area contributed by atoms with Gasteiger partial charge >= 0.3 is 0 Å². The van der Waals surface area contributed by atoms with Crippen LogP contribution < -0.4 is 0 Å². The molecule has 0 N–H and O–H groups in total. The van der Waals surface area contributed by atoms with Crippen molar-refractivity contribution in [2.75, 3.05) is 0 Å². The predicted molar refractivity (Wildman–Crippen MR) is 215 cm³/mol. The lowest BCUT2D eigenvalue weighted by Gasteiger charge is -2.18. The van der Waals surface area contributed by atoms with Crippen molar-refractivity contribution in [1.82, 2.24) is 0 Å². The van der Waals surface area contributed by atoms with E-state index in [4.69, 9.17) is 8.83 Å². The standard InChI is InChI=1S/C46H24O2S2/c1-3-10-32-30(8-1)43(26-15-18-42-37(21-26)34-17-13-25-19-20-49-45(25)46(34)50-42)31-9-2-4-11-33(31)44(32)27-14-16-29-36-24-40-35(23-41(36)48-39(29)22-27)28-7-5-6-12-38(28)47-40/h1-24H. The average Bonchev–Trinajstić information content (AvgIpc) is 3.94. The summed E-state index contributed by atoms with van der Waals surface area (Å²) in [5.41, 5.74) is 8.41. The van der Waals surface area contributed by atoms with Crippen LogP contribution in [0.2, 0.25) is 0 Å². The molecule has 4 heterocycles. The number of benzene rings is 8. The van der Waals surface area contributed by atoms with Crippen molar-refractivity contribution in [2.45, 2.75) is 0 Å². The van der Waals surface area contributed by atoms with Gasteiger partial charge in [-0.15, -0.1) is 22.7 Å². The first kappa shape index (κ1) is 26.9. The summed E-state index contributed by atoms with van der Waals surface area (Å²) in [5, 5.41) is 15.5. The van der Waals surface area contributed by atoms with Gasteiger partial charge in [-0.1, -0.05) is 91.0 Å². The minimum Gasteiger partial charge on any atom is -0.456 e. The van der Waals surface area contributed by atoms with Crippen molar-refractivity contribution in [2.24, 2.45) is 0 Å². The first-order chi connectivity index (χ1) is 24.8. The van der Waals surface area contributed by atoms with Crippen LogP contribution in [0.25, 0.3) is 118 Å². The Bertz CT molecular complexity index is 3330. The Morgan fingerprint density at radius 3 is 1.64 bits per heavy atom. The number of hydrogen-bond acceptors (Lipinski definition) is 4. The fourth-order valence-electron chi connectivity index (χ4n) is 8.31. The van der Waals surface area contributed by atoms with Crippen molar-refractivity contribution < 1.29 is 8.83 Å². The molecule has 0 saturated heterocycles. The zero-order valence-electron chi connectivity index (χ0n) is 26.5. The van der Waals surface area contributed by atoms with Gasteiger partial charge in [0.25, 0.3) is 0 Å². The lowest BCUT2D eigenvalue weighted by atomic mass is 9.85. The van der Waals surface area contributed by atoms with Crippen LogP contribution in [0.1, 0.15) is 0 Å². The Morgan fingerprint density at radius 1 is 0.360 bits per heavy atom. The Morgan fingerprint density at radius 2 is 0.920 bits per heavy atom. The minimum absolute atomic E-state index is 0.873. The number of hydrogen-bond donors (Lipinski definition) is 0. The molecule has 0 amide bonds. The summed E-state index contributed by atoms with van der Waals surface area (Å²) in [6.45, 7) is 0. The van der Waals surface area contributed by atoms with Gasteiger partial charge in [-0.05, 0) is 103 Å². The van der Waals surface area contributed by atoms with Crippen LogP contribution in [0.5, 0.6) is 0 Å². The molecule has 0 aliphatic heterocycles. The van der Waals surface area contributed by atoms with E-state index in [9.17, 15) is 0 Å². The Kier molecular flexibility index (Phi) is 5.29. The van der Waals surface area contributed by atoms with Gasteiger partial charge in [0, 0.05) is 37.0 Å². The van der Waals surface area contributed by atoms with Gasteiger partial charge in [0.05, 0.1) is 9.40 Å². The Balaban J connectivity index is 1.10. The van der Waals surface area contributed by atoms with E-state index >= 15 is 0 Å². The summed E-state index contributed by atoms with van der Waals surface area (Å²) in [7, 11) is 0. The second-order valence-corrected chi connectivity index (χ2v) is 15.2. The van der Waals surface area contributed by atoms with Crippen LogP contribution in [-0.2, 0) is 0 Å². The first-order valence-electron chi connectivity index (χ1n) is 16.8. The molecule has 4 heteroatoms. The van der Waals surface area contributed by atoms with E-state index in [-0.39, 0.29) is 0 Å². The predicted octanol–water partition coefficient (Wildman–Crippen LogP) is 14.7. The van der Waals surface area contributed by atoms with Crippen molar-refractivity contribution in [3.63, 3.8) is 0 Å². The third-order valence-electron chi connectivity index (χ3n) is 10.5. The second kappa shape index (κ2) is 9.82. The van der Waals surface area contributed by atoms with E-state index in [0.717, 1.165) is 49.4 Å². The van der Waals surface area contributed by atoms with E-state index in [1.54, 1.807) is 0 Å². The number of fused-ring (bicyclic) bond motifs is 13. The number of rotatable bonds is 2. The van der Waals surface area contributed by atoms with Gasteiger partial charge < -0.3 is 8.83 Å². The highest BCUT2D eigenvalue weighted by Gasteiger charge is 2.20. The average molecular weight is 673 g/mol. The summed E-state index contributed by atoms with van der Waals surface area (Å²) in [6, 6.07) is 50.7. The molecule has 0 unspecified atom stereocenters. The van der Waals surface area contributed by atoms with Crippen LogP contribution in [0, 0.1) is 0 Å². The highest BCUT2D eigenvalue weighted by molar-refractivity contribution is 7.30. The molecule has 0 aliphatic rings. The summed E-state index contributed by atoms with van der Waals surface area (Å²) in [6.07, 6.45) is 0. The molecule has 8 aromatic carbocycles. The van der Waals surface area contributed by atoms with Crippen molar-refractivity contribution in [3.8, 4) is 22.3 Å². The van der Waals surface area contributed by atoms with E-state index in [1.165, 1.54) is 68.5 Å². The smallest absolute Gasteiger partial charge is 0.136 e. The summed E-state index contributed by atoms with van der Waals surface area (Å²) < 4.78 is 16.9. The van der Waals surface area contributed by atoms with Gasteiger partial charge in [0.1, 0.15) is 22.3 Å². The van der Waals surface area contributed by atoms with Crippen LogP contribution in [0.3, 0.4) is 0 Å². The summed E-state index contributed by atoms with van der Waals surface area (Å²) >= 11 is 3.74. The van der Waals surface area contributed by atoms with Crippen LogP contribution in [0.15, 0.2) is 154 Å². The maximum atomic E-state index is 6.61. The molecular formula is C46H24O2S2. The van der Waals surface area contributed by atoms with Gasteiger partial charge in [0.2, 0.25) is 0 Å². The topological polar surface area (TPSA) is 26.3 Å². The number of thiophene rings is 2. The molecule has 0 spiro atoms. The van der Waals surface area contributed by atoms with Crippen LogP contribution >= 0.6 is 22.7 Å². The zero-order valence-corrected chi connectivity index (χ0v) is 28.1. The molecule has 12 rings (SSSR count). The largest absolute Gasteiger partial charge is 0.456 e. The summed E-state index contributed by atoms with van der Waals surface area (Å²) in [5.74, 6) is 0. The van der Waals surface area contributed by atoms with Crippen LogP contribution in [-0.4, -0.2) is 0 Å². The molecule has 0 fully saturated rings. The van der Waals surface area contributed by atoms with Gasteiger partial charge in [-0.3, -0.25) is 0 Å². The zero-order chi connectivity index (χ0) is 32.5. The molecule has 0 saturated carbocycles.